The first-order valence-electron chi connectivity index (χ1n) is 9.08. The van der Waals surface area contributed by atoms with E-state index in [4.69, 9.17) is 0 Å². The molecule has 3 rings (SSSR count). The Morgan fingerprint density at radius 3 is 2.84 bits per heavy atom. The van der Waals surface area contributed by atoms with Gasteiger partial charge in [0.1, 0.15) is 0 Å². The van der Waals surface area contributed by atoms with Crippen molar-refractivity contribution in [3.05, 3.63) is 53.1 Å². The summed E-state index contributed by atoms with van der Waals surface area (Å²) in [5.41, 5.74) is 3.70. The van der Waals surface area contributed by atoms with Crippen LogP contribution in [0.4, 0.5) is 0 Å². The number of carbonyl (C=O) groups is 1. The van der Waals surface area contributed by atoms with Crippen molar-refractivity contribution >= 4 is 5.91 Å². The maximum atomic E-state index is 12.8. The highest BCUT2D eigenvalue weighted by atomic mass is 16.3. The zero-order chi connectivity index (χ0) is 17.8. The lowest BCUT2D eigenvalue weighted by Gasteiger charge is -2.30. The molecule has 1 saturated carbocycles. The minimum absolute atomic E-state index is 0.0364. The molecule has 5 nitrogen and oxygen atoms in total. The maximum Gasteiger partial charge on any atom is 0.253 e. The van der Waals surface area contributed by atoms with E-state index in [1.165, 1.54) is 0 Å². The first kappa shape index (κ1) is 17.7. The van der Waals surface area contributed by atoms with E-state index < -0.39 is 0 Å². The summed E-state index contributed by atoms with van der Waals surface area (Å²) in [4.78, 5) is 17.2. The highest BCUT2D eigenvalue weighted by Crippen LogP contribution is 2.25. The number of hydrogen-bond donors (Lipinski definition) is 2. The molecule has 2 aromatic rings. The standard InChI is InChI=1S/C20H27N3O2/c1-14-11-18(15(2)23(14)12-17-8-5-6-10-21-17)20(25)22-19-9-4-3-7-16(19)13-24/h5-6,8,10-11,16,19,24H,3-4,7,9,12-13H2,1-2H3,(H,22,25). The molecule has 25 heavy (non-hydrogen) atoms. The summed E-state index contributed by atoms with van der Waals surface area (Å²) in [6, 6.07) is 7.89. The van der Waals surface area contributed by atoms with Gasteiger partial charge >= 0.3 is 0 Å². The smallest absolute Gasteiger partial charge is 0.253 e. The molecule has 0 bridgehead atoms. The number of aliphatic hydroxyl groups is 1. The number of nitrogens with one attached hydrogen (secondary N) is 1. The van der Waals surface area contributed by atoms with Crippen LogP contribution in [0.2, 0.25) is 0 Å². The molecule has 1 fully saturated rings. The molecule has 0 radical (unpaired) electrons. The van der Waals surface area contributed by atoms with Crippen molar-refractivity contribution in [3.63, 3.8) is 0 Å². The van der Waals surface area contributed by atoms with Crippen LogP contribution in [0.1, 0.15) is 53.1 Å². The Balaban J connectivity index is 1.76. The van der Waals surface area contributed by atoms with E-state index >= 15 is 0 Å². The van der Waals surface area contributed by atoms with Crippen molar-refractivity contribution in [1.82, 2.24) is 14.9 Å². The first-order chi connectivity index (χ1) is 12.1. The van der Waals surface area contributed by atoms with E-state index in [9.17, 15) is 9.90 Å². The molecule has 1 aliphatic carbocycles. The van der Waals surface area contributed by atoms with Crippen LogP contribution in [0.25, 0.3) is 0 Å². The summed E-state index contributed by atoms with van der Waals surface area (Å²) in [6.45, 7) is 4.80. The first-order valence-corrected chi connectivity index (χ1v) is 9.08. The molecule has 1 aliphatic rings. The van der Waals surface area contributed by atoms with Gasteiger partial charge in [-0.2, -0.15) is 0 Å². The lowest BCUT2D eigenvalue weighted by molar-refractivity contribution is 0.0872. The van der Waals surface area contributed by atoms with Gasteiger partial charge in [0.15, 0.2) is 0 Å². The molecule has 0 spiro atoms. The molecular formula is C20H27N3O2. The van der Waals surface area contributed by atoms with E-state index in [1.807, 2.05) is 38.1 Å². The van der Waals surface area contributed by atoms with Gasteiger partial charge in [-0.25, -0.2) is 0 Å². The average Bonchev–Trinajstić information content (AvgIpc) is 2.91. The second-order valence-corrected chi connectivity index (χ2v) is 7.00. The predicted octanol–water partition coefficient (Wildman–Crippen LogP) is 2.83. The third-order valence-corrected chi connectivity index (χ3v) is 5.32. The molecule has 2 N–H and O–H groups in total. The Labute approximate surface area is 149 Å². The summed E-state index contributed by atoms with van der Waals surface area (Å²) in [5.74, 6) is 0.139. The third-order valence-electron chi connectivity index (χ3n) is 5.32. The fourth-order valence-electron chi connectivity index (χ4n) is 3.79. The largest absolute Gasteiger partial charge is 0.396 e. The van der Waals surface area contributed by atoms with Crippen LogP contribution in [-0.4, -0.2) is 33.2 Å². The van der Waals surface area contributed by atoms with E-state index in [2.05, 4.69) is 14.9 Å². The molecule has 2 unspecified atom stereocenters. The summed E-state index contributed by atoms with van der Waals surface area (Å²) < 4.78 is 2.13. The van der Waals surface area contributed by atoms with Gasteiger partial charge in [-0.1, -0.05) is 18.9 Å². The van der Waals surface area contributed by atoms with Gasteiger partial charge < -0.3 is 15.0 Å². The summed E-state index contributed by atoms with van der Waals surface area (Å²) >= 11 is 0. The zero-order valence-corrected chi connectivity index (χ0v) is 15.0. The number of carbonyl (C=O) groups excluding carboxylic acids is 1. The van der Waals surface area contributed by atoms with Gasteiger partial charge in [-0.05, 0) is 44.9 Å². The highest BCUT2D eigenvalue weighted by Gasteiger charge is 2.27. The van der Waals surface area contributed by atoms with E-state index in [0.717, 1.165) is 48.3 Å². The van der Waals surface area contributed by atoms with E-state index in [0.29, 0.717) is 6.54 Å². The number of pyridine rings is 1. The van der Waals surface area contributed by atoms with Gasteiger partial charge in [0.05, 0.1) is 17.8 Å². The summed E-state index contributed by atoms with van der Waals surface area (Å²) in [7, 11) is 0. The van der Waals surface area contributed by atoms with Crippen LogP contribution in [0.15, 0.2) is 30.5 Å². The molecule has 2 aromatic heterocycles. The summed E-state index contributed by atoms with van der Waals surface area (Å²) in [6.07, 6.45) is 5.97. The van der Waals surface area contributed by atoms with Crippen molar-refractivity contribution in [2.45, 2.75) is 52.1 Å². The number of aliphatic hydroxyl groups excluding tert-OH is 1. The van der Waals surface area contributed by atoms with Crippen molar-refractivity contribution in [2.75, 3.05) is 6.61 Å². The molecule has 0 aliphatic heterocycles. The van der Waals surface area contributed by atoms with Gasteiger partial charge in [0.25, 0.3) is 5.91 Å². The van der Waals surface area contributed by atoms with Crippen LogP contribution in [-0.2, 0) is 6.54 Å². The number of aryl methyl sites for hydroxylation is 1. The molecular weight excluding hydrogens is 314 g/mol. The van der Waals surface area contributed by atoms with Crippen LogP contribution >= 0.6 is 0 Å². The van der Waals surface area contributed by atoms with Crippen LogP contribution in [0, 0.1) is 19.8 Å². The Morgan fingerprint density at radius 1 is 1.32 bits per heavy atom. The predicted molar refractivity (Wildman–Crippen MR) is 97.5 cm³/mol. The van der Waals surface area contributed by atoms with Gasteiger partial charge in [0.2, 0.25) is 0 Å². The molecule has 0 aromatic carbocycles. The lowest BCUT2D eigenvalue weighted by atomic mass is 9.85. The quantitative estimate of drug-likeness (QED) is 0.879. The van der Waals surface area contributed by atoms with E-state index in [-0.39, 0.29) is 24.5 Å². The number of aromatic nitrogens is 2. The third kappa shape index (κ3) is 3.93. The van der Waals surface area contributed by atoms with Crippen LogP contribution in [0.3, 0.4) is 0 Å². The Morgan fingerprint density at radius 2 is 2.12 bits per heavy atom. The van der Waals surface area contributed by atoms with E-state index in [1.54, 1.807) is 6.20 Å². The second-order valence-electron chi connectivity index (χ2n) is 7.00. The van der Waals surface area contributed by atoms with Gasteiger partial charge in [-0.3, -0.25) is 9.78 Å². The minimum Gasteiger partial charge on any atom is -0.396 e. The van der Waals surface area contributed by atoms with Crippen LogP contribution in [0.5, 0.6) is 0 Å². The van der Waals surface area contributed by atoms with Gasteiger partial charge in [-0.15, -0.1) is 0 Å². The molecule has 0 saturated heterocycles. The van der Waals surface area contributed by atoms with Gasteiger partial charge in [0, 0.05) is 36.2 Å². The maximum absolute atomic E-state index is 12.8. The topological polar surface area (TPSA) is 67.2 Å². The zero-order valence-electron chi connectivity index (χ0n) is 15.0. The minimum atomic E-state index is -0.0364. The molecule has 2 heterocycles. The van der Waals surface area contributed by atoms with Crippen molar-refractivity contribution in [1.29, 1.82) is 0 Å². The average molecular weight is 341 g/mol. The number of nitrogens with zero attached hydrogens (tertiary/aromatic N) is 2. The lowest BCUT2D eigenvalue weighted by Crippen LogP contribution is -2.43. The monoisotopic (exact) mass is 341 g/mol. The molecule has 2 atom stereocenters. The SMILES string of the molecule is Cc1cc(C(=O)NC2CCCCC2CO)c(C)n1Cc1ccccn1. The molecule has 134 valence electrons. The Hall–Kier alpha value is -2.14. The summed E-state index contributed by atoms with van der Waals surface area (Å²) in [5, 5.41) is 12.7. The fraction of sp³-hybridized carbons (Fsp3) is 0.500. The molecule has 1 amide bonds. The number of hydrogen-bond acceptors (Lipinski definition) is 3. The Bertz CT molecular complexity index is 724. The number of rotatable bonds is 5. The van der Waals surface area contributed by atoms with Crippen molar-refractivity contribution in [2.24, 2.45) is 5.92 Å². The Kier molecular flexibility index (Phi) is 5.53. The van der Waals surface area contributed by atoms with Crippen molar-refractivity contribution in [3.8, 4) is 0 Å². The normalized spacial score (nSPS) is 20.4. The highest BCUT2D eigenvalue weighted by molar-refractivity contribution is 5.96. The molecule has 5 heteroatoms. The van der Waals surface area contributed by atoms with Crippen molar-refractivity contribution < 1.29 is 9.90 Å². The second kappa shape index (κ2) is 7.83. The number of amides is 1. The fourth-order valence-corrected chi connectivity index (χ4v) is 3.79. The van der Waals surface area contributed by atoms with Crippen LogP contribution < -0.4 is 5.32 Å².